The molecule has 0 unspecified atom stereocenters. The summed E-state index contributed by atoms with van der Waals surface area (Å²) in [6.07, 6.45) is 0.199. The first-order valence-corrected chi connectivity index (χ1v) is 10.0. The Morgan fingerprint density at radius 2 is 1.59 bits per heavy atom. The van der Waals surface area contributed by atoms with Gasteiger partial charge in [-0.05, 0) is 72.1 Å². The third-order valence-electron chi connectivity index (χ3n) is 5.36. The minimum absolute atomic E-state index is 0.0280. The highest BCUT2D eigenvalue weighted by Gasteiger charge is 2.48. The van der Waals surface area contributed by atoms with Crippen molar-refractivity contribution in [2.45, 2.75) is 36.8 Å². The number of sulfonamides is 1. The maximum Gasteiger partial charge on any atom is 0.417 e. The van der Waals surface area contributed by atoms with E-state index in [4.69, 9.17) is 5.14 Å². The Hall–Kier alpha value is -2.19. The number of rotatable bonds is 3. The zero-order valence-corrected chi connectivity index (χ0v) is 15.1. The van der Waals surface area contributed by atoms with Gasteiger partial charge in [0.1, 0.15) is 0 Å². The minimum Gasteiger partial charge on any atom is -0.256 e. The molecule has 0 bridgehead atoms. The molecule has 8 heteroatoms. The van der Waals surface area contributed by atoms with Crippen LogP contribution in [0.15, 0.2) is 47.5 Å². The van der Waals surface area contributed by atoms with E-state index in [0.717, 1.165) is 54.7 Å². The SMILES string of the molecule is NS(=O)(=O)c1ccc(C2=C(c3ccc(C(F)(F)F)cn3)CC3(CC3)C2)cc1. The van der Waals surface area contributed by atoms with Gasteiger partial charge in [0.15, 0.2) is 0 Å². The van der Waals surface area contributed by atoms with Crippen LogP contribution in [0, 0.1) is 5.41 Å². The lowest BCUT2D eigenvalue weighted by atomic mass is 9.99. The summed E-state index contributed by atoms with van der Waals surface area (Å²) in [7, 11) is -3.77. The number of primary sulfonamides is 1. The third kappa shape index (κ3) is 3.51. The lowest BCUT2D eigenvalue weighted by Crippen LogP contribution is -2.11. The van der Waals surface area contributed by atoms with Crippen LogP contribution < -0.4 is 5.14 Å². The highest BCUT2D eigenvalue weighted by atomic mass is 32.2. The number of aromatic nitrogens is 1. The van der Waals surface area contributed by atoms with E-state index in [2.05, 4.69) is 4.98 Å². The molecule has 4 nitrogen and oxygen atoms in total. The minimum atomic E-state index is -4.42. The lowest BCUT2D eigenvalue weighted by Gasteiger charge is -2.10. The second-order valence-electron chi connectivity index (χ2n) is 7.31. The van der Waals surface area contributed by atoms with Crippen LogP contribution in [0.3, 0.4) is 0 Å². The van der Waals surface area contributed by atoms with E-state index >= 15 is 0 Å². The van der Waals surface area contributed by atoms with Gasteiger partial charge < -0.3 is 0 Å². The largest absolute Gasteiger partial charge is 0.417 e. The van der Waals surface area contributed by atoms with Crippen molar-refractivity contribution in [3.05, 3.63) is 59.4 Å². The van der Waals surface area contributed by atoms with Gasteiger partial charge in [0.05, 0.1) is 16.2 Å². The van der Waals surface area contributed by atoms with Crippen molar-refractivity contribution in [2.75, 3.05) is 0 Å². The lowest BCUT2D eigenvalue weighted by molar-refractivity contribution is -0.137. The molecular formula is C19H17F3N2O2S. The molecule has 1 heterocycles. The van der Waals surface area contributed by atoms with E-state index in [1.807, 2.05) is 0 Å². The van der Waals surface area contributed by atoms with Gasteiger partial charge in [-0.15, -0.1) is 0 Å². The number of nitrogens with two attached hydrogens (primary N) is 1. The summed E-state index contributed by atoms with van der Waals surface area (Å²) in [4.78, 5) is 4.09. The van der Waals surface area contributed by atoms with E-state index in [9.17, 15) is 21.6 Å². The number of hydrogen-bond donors (Lipinski definition) is 1. The molecule has 0 atom stereocenters. The fraction of sp³-hybridized carbons (Fsp3) is 0.316. The van der Waals surface area contributed by atoms with Crippen LogP contribution in [0.4, 0.5) is 13.2 Å². The van der Waals surface area contributed by atoms with Gasteiger partial charge in [-0.1, -0.05) is 12.1 Å². The van der Waals surface area contributed by atoms with Crippen molar-refractivity contribution in [1.29, 1.82) is 0 Å². The van der Waals surface area contributed by atoms with Crippen LogP contribution >= 0.6 is 0 Å². The number of nitrogens with zero attached hydrogens (tertiary/aromatic N) is 1. The van der Waals surface area contributed by atoms with Gasteiger partial charge >= 0.3 is 6.18 Å². The highest BCUT2D eigenvalue weighted by Crippen LogP contribution is 2.63. The first-order valence-electron chi connectivity index (χ1n) is 8.46. The fourth-order valence-electron chi connectivity index (χ4n) is 3.66. The molecule has 1 aromatic heterocycles. The van der Waals surface area contributed by atoms with E-state index < -0.39 is 21.8 Å². The van der Waals surface area contributed by atoms with Gasteiger partial charge in [-0.3, -0.25) is 4.98 Å². The van der Waals surface area contributed by atoms with Crippen molar-refractivity contribution in [3.63, 3.8) is 0 Å². The first-order chi connectivity index (χ1) is 12.6. The standard InChI is InChI=1S/C19H17F3N2O2S/c20-19(21,22)13-3-6-17(24-11-13)16-10-18(7-8-18)9-15(16)12-1-4-14(5-2-12)27(23,25)26/h1-6,11H,7-10H2,(H2,23,25,26). The summed E-state index contributed by atoms with van der Waals surface area (Å²) >= 11 is 0. The van der Waals surface area contributed by atoms with E-state index in [1.165, 1.54) is 18.2 Å². The van der Waals surface area contributed by atoms with Gasteiger partial charge in [0.2, 0.25) is 10.0 Å². The smallest absolute Gasteiger partial charge is 0.256 e. The van der Waals surface area contributed by atoms with Gasteiger partial charge in [-0.25, -0.2) is 13.6 Å². The molecule has 1 aromatic carbocycles. The zero-order valence-electron chi connectivity index (χ0n) is 14.3. The molecule has 142 valence electrons. The topological polar surface area (TPSA) is 73.1 Å². The molecule has 0 aliphatic heterocycles. The van der Waals surface area contributed by atoms with Crippen molar-refractivity contribution >= 4 is 21.2 Å². The Bertz CT molecular complexity index is 1020. The molecule has 2 aliphatic carbocycles. The Kier molecular flexibility index (Phi) is 3.98. The molecule has 0 saturated heterocycles. The second-order valence-corrected chi connectivity index (χ2v) is 8.87. The molecule has 27 heavy (non-hydrogen) atoms. The van der Waals surface area contributed by atoms with Crippen LogP contribution in [0.1, 0.15) is 42.5 Å². The average molecular weight is 394 g/mol. The summed E-state index contributed by atoms with van der Waals surface area (Å²) in [5.41, 5.74) is 2.74. The predicted octanol–water partition coefficient (Wildman–Crippen LogP) is 4.23. The summed E-state index contributed by atoms with van der Waals surface area (Å²) in [6, 6.07) is 8.76. The number of allylic oxidation sites excluding steroid dienone is 2. The normalized spacial score (nSPS) is 19.0. The predicted molar refractivity (Wildman–Crippen MR) is 94.8 cm³/mol. The molecule has 0 radical (unpaired) electrons. The summed E-state index contributed by atoms with van der Waals surface area (Å²) in [5.74, 6) is 0. The number of hydrogen-bond acceptors (Lipinski definition) is 3. The number of pyridine rings is 1. The van der Waals surface area contributed by atoms with Crippen LogP contribution in [-0.4, -0.2) is 13.4 Å². The fourth-order valence-corrected chi connectivity index (χ4v) is 4.18. The molecule has 0 amide bonds. The van der Waals surface area contributed by atoms with Crippen molar-refractivity contribution in [3.8, 4) is 0 Å². The molecule has 1 spiro atoms. The molecular weight excluding hydrogens is 377 g/mol. The van der Waals surface area contributed by atoms with E-state index in [1.54, 1.807) is 12.1 Å². The van der Waals surface area contributed by atoms with Gasteiger partial charge in [0.25, 0.3) is 0 Å². The summed E-state index contributed by atoms with van der Waals surface area (Å²) < 4.78 is 61.3. The summed E-state index contributed by atoms with van der Waals surface area (Å²) in [6.45, 7) is 0. The zero-order chi connectivity index (χ0) is 19.4. The van der Waals surface area contributed by atoms with Gasteiger partial charge in [0, 0.05) is 6.20 Å². The Morgan fingerprint density at radius 1 is 0.963 bits per heavy atom. The maximum absolute atomic E-state index is 12.8. The van der Waals surface area contributed by atoms with Crippen LogP contribution in [0.25, 0.3) is 11.1 Å². The molecule has 4 rings (SSSR count). The van der Waals surface area contributed by atoms with E-state index in [-0.39, 0.29) is 10.3 Å². The molecule has 1 saturated carbocycles. The van der Waals surface area contributed by atoms with Crippen molar-refractivity contribution in [2.24, 2.45) is 10.6 Å². The first kappa shape index (κ1) is 18.2. The molecule has 2 aromatic rings. The van der Waals surface area contributed by atoms with Gasteiger partial charge in [-0.2, -0.15) is 13.2 Å². The number of benzene rings is 1. The van der Waals surface area contributed by atoms with Crippen LogP contribution in [-0.2, 0) is 16.2 Å². The molecule has 1 fully saturated rings. The Balaban J connectivity index is 1.74. The highest BCUT2D eigenvalue weighted by molar-refractivity contribution is 7.89. The van der Waals surface area contributed by atoms with Crippen LogP contribution in [0.2, 0.25) is 0 Å². The Morgan fingerprint density at radius 3 is 2.07 bits per heavy atom. The number of alkyl halides is 3. The van der Waals surface area contributed by atoms with Crippen molar-refractivity contribution < 1.29 is 21.6 Å². The molecule has 2 N–H and O–H groups in total. The summed E-state index contributed by atoms with van der Waals surface area (Å²) in [5, 5.41) is 5.14. The second kappa shape index (κ2) is 5.90. The molecule has 2 aliphatic rings. The average Bonchev–Trinajstić information content (AvgIpc) is 3.24. The van der Waals surface area contributed by atoms with E-state index in [0.29, 0.717) is 5.69 Å². The number of halogens is 3. The Labute approximate surface area is 155 Å². The van der Waals surface area contributed by atoms with Crippen LogP contribution in [0.5, 0.6) is 0 Å². The maximum atomic E-state index is 12.8. The van der Waals surface area contributed by atoms with Crippen molar-refractivity contribution in [1.82, 2.24) is 4.98 Å². The quantitative estimate of drug-likeness (QED) is 0.847. The monoisotopic (exact) mass is 394 g/mol. The third-order valence-corrected chi connectivity index (χ3v) is 6.29.